The van der Waals surface area contributed by atoms with Gasteiger partial charge in [-0.05, 0) is 195 Å². The standard InChI is InChI=1S/C104H61N5O3/c1-7-25-91-77(19-1)80-46-37-67(70-40-49-86-83-22-4-10-28-97(83)110-100(86)59-70)56-94(80)107(91)74-44-35-63(36-45-74)62-31-33-64(34-32-62)103-89-55-66(65-15-13-17-75(53-65)108-92-26-8-2-20-78(92)81-47-38-68(57-95(81)108)71-41-50-87-84-23-5-11-29-98(84)111-101(87)60-71)43-52-90(89)105-104(106-103)73-16-14-18-76(54-73)109-93-27-9-3-21-79(93)82-48-39-69(58-96(82)109)72-42-51-88-85-24-6-12-30-99(85)112-102(88)61-72/h1-61H. The van der Waals surface area contributed by atoms with Crippen molar-refractivity contribution in [3.63, 3.8) is 0 Å². The summed E-state index contributed by atoms with van der Waals surface area (Å²) in [6.45, 7) is 0. The number of para-hydroxylation sites is 6. The third-order valence-corrected chi connectivity index (χ3v) is 23.3. The van der Waals surface area contributed by atoms with Gasteiger partial charge in [0.25, 0.3) is 0 Å². The summed E-state index contributed by atoms with van der Waals surface area (Å²) >= 11 is 0. The maximum absolute atomic E-state index is 6.42. The average molecular weight is 1430 g/mol. The molecular weight excluding hydrogens is 1370 g/mol. The zero-order chi connectivity index (χ0) is 73.2. The summed E-state index contributed by atoms with van der Waals surface area (Å²) in [4.78, 5) is 11.2. The maximum Gasteiger partial charge on any atom is 0.160 e. The van der Waals surface area contributed by atoms with Crippen molar-refractivity contribution in [1.29, 1.82) is 0 Å². The van der Waals surface area contributed by atoms with Crippen molar-refractivity contribution in [2.24, 2.45) is 0 Å². The molecule has 0 fully saturated rings. The molecule has 0 bridgehead atoms. The lowest BCUT2D eigenvalue weighted by Crippen LogP contribution is -1.98. The fourth-order valence-corrected chi connectivity index (χ4v) is 17.9. The van der Waals surface area contributed by atoms with Crippen LogP contribution in [0.5, 0.6) is 0 Å². The lowest BCUT2D eigenvalue weighted by Gasteiger charge is -2.14. The first-order valence-corrected chi connectivity index (χ1v) is 38.0. The van der Waals surface area contributed by atoms with Gasteiger partial charge in [-0.15, -0.1) is 0 Å². The number of hydrogen-bond donors (Lipinski definition) is 0. The molecule has 24 aromatic rings. The highest BCUT2D eigenvalue weighted by Crippen LogP contribution is 2.44. The Kier molecular flexibility index (Phi) is 13.4. The smallest absolute Gasteiger partial charge is 0.160 e. The first kappa shape index (κ1) is 62.0. The molecule has 0 spiro atoms. The van der Waals surface area contributed by atoms with E-state index in [1.807, 2.05) is 36.4 Å². The molecule has 0 N–H and O–H groups in total. The van der Waals surface area contributed by atoms with E-state index in [4.69, 9.17) is 23.2 Å². The number of furan rings is 3. The van der Waals surface area contributed by atoms with Crippen LogP contribution in [0.3, 0.4) is 0 Å². The van der Waals surface area contributed by atoms with Crippen molar-refractivity contribution in [2.45, 2.75) is 0 Å². The molecule has 0 amide bonds. The molecule has 0 aliphatic heterocycles. The van der Waals surface area contributed by atoms with Crippen LogP contribution >= 0.6 is 0 Å². The minimum Gasteiger partial charge on any atom is -0.456 e. The van der Waals surface area contributed by atoms with E-state index in [9.17, 15) is 0 Å². The molecule has 0 atom stereocenters. The Hall–Kier alpha value is -15.1. The van der Waals surface area contributed by atoms with E-state index in [0.29, 0.717) is 5.82 Å². The van der Waals surface area contributed by atoms with Gasteiger partial charge in [-0.1, -0.05) is 231 Å². The van der Waals surface area contributed by atoms with Crippen LogP contribution in [-0.4, -0.2) is 23.7 Å². The topological polar surface area (TPSA) is 80.0 Å². The van der Waals surface area contributed by atoms with Gasteiger partial charge in [0, 0.05) is 98.2 Å². The monoisotopic (exact) mass is 1430 g/mol. The number of fused-ring (bicyclic) bond motifs is 19. The van der Waals surface area contributed by atoms with Crippen LogP contribution in [0, 0.1) is 0 Å². The van der Waals surface area contributed by atoms with Crippen molar-refractivity contribution in [2.75, 3.05) is 0 Å². The minimum absolute atomic E-state index is 0.632. The molecule has 112 heavy (non-hydrogen) atoms. The van der Waals surface area contributed by atoms with Crippen LogP contribution in [0.4, 0.5) is 0 Å². The van der Waals surface area contributed by atoms with Crippen molar-refractivity contribution in [3.8, 4) is 95.3 Å². The molecule has 0 radical (unpaired) electrons. The Morgan fingerprint density at radius 1 is 0.170 bits per heavy atom. The fraction of sp³-hybridized carbons (Fsp3) is 0. The Morgan fingerprint density at radius 3 is 0.938 bits per heavy atom. The lowest BCUT2D eigenvalue weighted by molar-refractivity contribution is 0.668. The van der Waals surface area contributed by atoms with E-state index >= 15 is 0 Å². The zero-order valence-corrected chi connectivity index (χ0v) is 60.2. The van der Waals surface area contributed by atoms with Crippen molar-refractivity contribution in [3.05, 3.63) is 370 Å². The maximum atomic E-state index is 6.42. The number of aromatic nitrogens is 5. The second-order valence-electron chi connectivity index (χ2n) is 29.5. The van der Waals surface area contributed by atoms with Gasteiger partial charge in [0.05, 0.1) is 44.3 Å². The van der Waals surface area contributed by atoms with Crippen LogP contribution < -0.4 is 0 Å². The molecule has 8 nitrogen and oxygen atoms in total. The van der Waals surface area contributed by atoms with Gasteiger partial charge in [0.1, 0.15) is 33.5 Å². The molecule has 7 heterocycles. The molecular formula is C104H61N5O3. The molecule has 8 heteroatoms. The third-order valence-electron chi connectivity index (χ3n) is 23.3. The van der Waals surface area contributed by atoms with Gasteiger partial charge in [0.15, 0.2) is 5.82 Å². The first-order valence-electron chi connectivity index (χ1n) is 38.0. The molecule has 520 valence electrons. The fourth-order valence-electron chi connectivity index (χ4n) is 17.9. The normalized spacial score (nSPS) is 12.1. The molecule has 0 saturated heterocycles. The molecule has 0 aliphatic carbocycles. The second-order valence-corrected chi connectivity index (χ2v) is 29.5. The lowest BCUT2D eigenvalue weighted by atomic mass is 9.98. The van der Waals surface area contributed by atoms with Crippen LogP contribution in [-0.2, 0) is 0 Å². The summed E-state index contributed by atoms with van der Waals surface area (Å²) in [6, 6.07) is 133. The summed E-state index contributed by atoms with van der Waals surface area (Å²) in [5.41, 5.74) is 29.8. The molecule has 0 saturated carbocycles. The SMILES string of the molecule is c1cc(-c2ccc3nc(-c4cccc(-n5c6ccccc6c6ccc(-c7ccc8c(c7)oc7ccccc78)cc65)c4)nc(-c4ccc(-c5ccc(-n6c7ccccc7c7ccc(-c8ccc9c(c8)oc8ccccc89)cc76)cc5)cc4)c3c2)cc(-n2c3ccccc3c3ccc(-c4ccc5c(c4)oc4ccccc45)cc32)c1. The van der Waals surface area contributed by atoms with Crippen molar-refractivity contribution < 1.29 is 13.3 Å². The summed E-state index contributed by atoms with van der Waals surface area (Å²) in [6.07, 6.45) is 0. The van der Waals surface area contributed by atoms with Crippen LogP contribution in [0.15, 0.2) is 383 Å². The van der Waals surface area contributed by atoms with Gasteiger partial charge < -0.3 is 27.0 Å². The number of hydrogen-bond acceptors (Lipinski definition) is 5. The van der Waals surface area contributed by atoms with Gasteiger partial charge in [-0.2, -0.15) is 0 Å². The highest BCUT2D eigenvalue weighted by Gasteiger charge is 2.22. The van der Waals surface area contributed by atoms with E-state index in [1.54, 1.807) is 0 Å². The Balaban J connectivity index is 0.618. The van der Waals surface area contributed by atoms with Crippen molar-refractivity contribution >= 4 is 142 Å². The van der Waals surface area contributed by atoms with Gasteiger partial charge in [0.2, 0.25) is 0 Å². The van der Waals surface area contributed by atoms with E-state index in [1.165, 1.54) is 32.3 Å². The molecule has 17 aromatic carbocycles. The molecule has 0 aliphatic rings. The Morgan fingerprint density at radius 2 is 0.482 bits per heavy atom. The average Bonchev–Trinajstić information content (AvgIpc) is 1.52. The predicted molar refractivity (Wildman–Crippen MR) is 462 cm³/mol. The highest BCUT2D eigenvalue weighted by molar-refractivity contribution is 6.15. The molecule has 7 aromatic heterocycles. The number of benzene rings is 17. The van der Waals surface area contributed by atoms with E-state index in [2.05, 4.69) is 347 Å². The van der Waals surface area contributed by atoms with E-state index in [-0.39, 0.29) is 0 Å². The van der Waals surface area contributed by atoms with Crippen LogP contribution in [0.2, 0.25) is 0 Å². The number of rotatable bonds is 10. The zero-order valence-electron chi connectivity index (χ0n) is 60.2. The second kappa shape index (κ2) is 24.2. The van der Waals surface area contributed by atoms with Crippen LogP contribution in [0.1, 0.15) is 0 Å². The quantitative estimate of drug-likeness (QED) is 0.136. The Labute approximate surface area is 640 Å². The minimum atomic E-state index is 0.632. The number of nitrogens with zero attached hydrogens (tertiary/aromatic N) is 5. The van der Waals surface area contributed by atoms with Crippen molar-refractivity contribution in [1.82, 2.24) is 23.7 Å². The highest BCUT2D eigenvalue weighted by atomic mass is 16.3. The Bertz CT molecular complexity index is 8080. The summed E-state index contributed by atoms with van der Waals surface area (Å²) < 4.78 is 26.4. The van der Waals surface area contributed by atoms with Crippen LogP contribution in [0.25, 0.3) is 237 Å². The molecule has 24 rings (SSSR count). The summed E-state index contributed by atoms with van der Waals surface area (Å²) in [7, 11) is 0. The van der Waals surface area contributed by atoms with E-state index in [0.717, 1.165) is 199 Å². The predicted octanol–water partition coefficient (Wildman–Crippen LogP) is 28.3. The van der Waals surface area contributed by atoms with Gasteiger partial charge in [-0.25, -0.2) is 9.97 Å². The van der Waals surface area contributed by atoms with E-state index < -0.39 is 0 Å². The summed E-state index contributed by atoms with van der Waals surface area (Å²) in [5, 5.41) is 14.8. The third kappa shape index (κ3) is 9.68. The molecule has 0 unspecified atom stereocenters. The van der Waals surface area contributed by atoms with Gasteiger partial charge in [-0.3, -0.25) is 0 Å². The van der Waals surface area contributed by atoms with Gasteiger partial charge >= 0.3 is 0 Å². The summed E-state index contributed by atoms with van der Waals surface area (Å²) in [5.74, 6) is 0.632. The first-order chi connectivity index (χ1) is 55.4. The largest absolute Gasteiger partial charge is 0.456 e.